The number of nitrogens with one attached hydrogen (secondary N) is 1. The Balaban J connectivity index is 1.85. The smallest absolute Gasteiger partial charge is 0.131 e. The molecule has 0 aromatic heterocycles. The fourth-order valence-electron chi connectivity index (χ4n) is 2.62. The second-order valence-electron chi connectivity index (χ2n) is 5.55. The molecule has 4 heteroatoms. The van der Waals surface area contributed by atoms with Crippen molar-refractivity contribution in [3.05, 3.63) is 35.4 Å². The first kappa shape index (κ1) is 14.4. The van der Waals surface area contributed by atoms with Gasteiger partial charge in [-0.2, -0.15) is 0 Å². The number of halogens is 2. The first-order valence-electron chi connectivity index (χ1n) is 6.92. The van der Waals surface area contributed by atoms with E-state index in [2.05, 4.69) is 12.2 Å². The van der Waals surface area contributed by atoms with Gasteiger partial charge in [0.2, 0.25) is 0 Å². The molecular formula is C15H21F2NO. The van der Waals surface area contributed by atoms with E-state index in [4.69, 9.17) is 0 Å². The number of rotatable bonds is 4. The Morgan fingerprint density at radius 1 is 1.26 bits per heavy atom. The maximum absolute atomic E-state index is 13.5. The zero-order valence-corrected chi connectivity index (χ0v) is 11.2. The summed E-state index contributed by atoms with van der Waals surface area (Å²) in [5.74, 6) is -0.535. The molecular weight excluding hydrogens is 248 g/mol. The van der Waals surface area contributed by atoms with Crippen LogP contribution >= 0.6 is 0 Å². The molecule has 0 saturated heterocycles. The molecule has 1 aliphatic rings. The summed E-state index contributed by atoms with van der Waals surface area (Å²) in [7, 11) is 0. The second-order valence-corrected chi connectivity index (χ2v) is 5.55. The Bertz CT molecular complexity index is 417. The summed E-state index contributed by atoms with van der Waals surface area (Å²) < 4.78 is 26.3. The highest BCUT2D eigenvalue weighted by Crippen LogP contribution is 2.24. The third-order valence-corrected chi connectivity index (χ3v) is 3.94. The molecule has 0 spiro atoms. The second kappa shape index (κ2) is 6.44. The SMILES string of the molecule is CC1CCC(NCC(O)c2ccc(F)cc2F)CC1. The first-order chi connectivity index (χ1) is 9.06. The molecule has 1 saturated carbocycles. The van der Waals surface area contributed by atoms with Crippen molar-refractivity contribution in [1.29, 1.82) is 0 Å². The molecule has 0 bridgehead atoms. The van der Waals surface area contributed by atoms with Crippen molar-refractivity contribution in [2.75, 3.05) is 6.54 Å². The van der Waals surface area contributed by atoms with Gasteiger partial charge in [0.05, 0.1) is 6.10 Å². The predicted octanol–water partition coefficient (Wildman–Crippen LogP) is 3.17. The van der Waals surface area contributed by atoms with Crippen molar-refractivity contribution in [1.82, 2.24) is 5.32 Å². The summed E-state index contributed by atoms with van der Waals surface area (Å²) in [6, 6.07) is 3.68. The minimum absolute atomic E-state index is 0.151. The van der Waals surface area contributed by atoms with Crippen LogP contribution in [0.15, 0.2) is 18.2 Å². The van der Waals surface area contributed by atoms with E-state index in [1.165, 1.54) is 25.0 Å². The number of aliphatic hydroxyl groups is 1. The van der Waals surface area contributed by atoms with Gasteiger partial charge in [-0.1, -0.05) is 13.0 Å². The maximum atomic E-state index is 13.5. The summed E-state index contributed by atoms with van der Waals surface area (Å²) in [4.78, 5) is 0. The molecule has 1 atom stereocenters. The van der Waals surface area contributed by atoms with Gasteiger partial charge in [-0.15, -0.1) is 0 Å². The van der Waals surface area contributed by atoms with Gasteiger partial charge in [-0.25, -0.2) is 8.78 Å². The minimum Gasteiger partial charge on any atom is -0.387 e. The van der Waals surface area contributed by atoms with E-state index >= 15 is 0 Å². The lowest BCUT2D eigenvalue weighted by atomic mass is 9.87. The molecule has 1 unspecified atom stereocenters. The molecule has 1 fully saturated rings. The molecule has 2 rings (SSSR count). The molecule has 0 amide bonds. The van der Waals surface area contributed by atoms with Crippen LogP contribution in [0.4, 0.5) is 8.78 Å². The minimum atomic E-state index is -0.931. The molecule has 106 valence electrons. The van der Waals surface area contributed by atoms with Gasteiger partial charge < -0.3 is 10.4 Å². The van der Waals surface area contributed by atoms with Crippen molar-refractivity contribution in [2.24, 2.45) is 5.92 Å². The fourth-order valence-corrected chi connectivity index (χ4v) is 2.62. The van der Waals surface area contributed by atoms with E-state index in [0.29, 0.717) is 12.6 Å². The Hall–Kier alpha value is -1.00. The quantitative estimate of drug-likeness (QED) is 0.880. The van der Waals surface area contributed by atoms with Crippen molar-refractivity contribution in [3.8, 4) is 0 Å². The highest BCUT2D eigenvalue weighted by atomic mass is 19.1. The molecule has 0 radical (unpaired) electrons. The number of hydrogen-bond acceptors (Lipinski definition) is 2. The lowest BCUT2D eigenvalue weighted by Crippen LogP contribution is -2.35. The summed E-state index contributed by atoms with van der Waals surface area (Å²) >= 11 is 0. The van der Waals surface area contributed by atoms with E-state index in [1.807, 2.05) is 0 Å². The highest BCUT2D eigenvalue weighted by molar-refractivity contribution is 5.21. The number of aliphatic hydroxyl groups excluding tert-OH is 1. The third kappa shape index (κ3) is 3.98. The zero-order chi connectivity index (χ0) is 13.8. The molecule has 0 aliphatic heterocycles. The lowest BCUT2D eigenvalue weighted by Gasteiger charge is -2.28. The van der Waals surface area contributed by atoms with Crippen LogP contribution in [0.5, 0.6) is 0 Å². The highest BCUT2D eigenvalue weighted by Gasteiger charge is 2.20. The average molecular weight is 269 g/mol. The zero-order valence-electron chi connectivity index (χ0n) is 11.2. The van der Waals surface area contributed by atoms with E-state index in [-0.39, 0.29) is 5.56 Å². The summed E-state index contributed by atoms with van der Waals surface area (Å²) in [6.45, 7) is 2.56. The van der Waals surface area contributed by atoms with Crippen LogP contribution in [0.2, 0.25) is 0 Å². The standard InChI is InChI=1S/C15H21F2NO/c1-10-2-5-12(6-3-10)18-9-15(19)13-7-4-11(16)8-14(13)17/h4,7-8,10,12,15,18-19H,2-3,5-6,9H2,1H3. The topological polar surface area (TPSA) is 32.3 Å². The molecule has 19 heavy (non-hydrogen) atoms. The fraction of sp³-hybridized carbons (Fsp3) is 0.600. The monoisotopic (exact) mass is 269 g/mol. The van der Waals surface area contributed by atoms with Crippen LogP contribution in [0.3, 0.4) is 0 Å². The Kier molecular flexibility index (Phi) is 4.88. The predicted molar refractivity (Wildman–Crippen MR) is 70.7 cm³/mol. The van der Waals surface area contributed by atoms with Crippen LogP contribution in [-0.4, -0.2) is 17.7 Å². The van der Waals surface area contributed by atoms with Gasteiger partial charge in [0, 0.05) is 24.2 Å². The number of hydrogen-bond donors (Lipinski definition) is 2. The number of benzene rings is 1. The maximum Gasteiger partial charge on any atom is 0.131 e. The van der Waals surface area contributed by atoms with Crippen LogP contribution in [0, 0.1) is 17.6 Å². The van der Waals surface area contributed by atoms with Gasteiger partial charge >= 0.3 is 0 Å². The van der Waals surface area contributed by atoms with Gasteiger partial charge in [0.15, 0.2) is 0 Å². The molecule has 0 heterocycles. The Morgan fingerprint density at radius 3 is 2.58 bits per heavy atom. The lowest BCUT2D eigenvalue weighted by molar-refractivity contribution is 0.159. The van der Waals surface area contributed by atoms with E-state index < -0.39 is 17.7 Å². The van der Waals surface area contributed by atoms with Crippen LogP contribution in [-0.2, 0) is 0 Å². The van der Waals surface area contributed by atoms with Gasteiger partial charge in [0.25, 0.3) is 0 Å². The summed E-state index contributed by atoms with van der Waals surface area (Å²) in [5, 5.41) is 13.2. The summed E-state index contributed by atoms with van der Waals surface area (Å²) in [6.07, 6.45) is 3.65. The van der Waals surface area contributed by atoms with E-state index in [0.717, 1.165) is 24.8 Å². The Morgan fingerprint density at radius 2 is 1.95 bits per heavy atom. The van der Waals surface area contributed by atoms with E-state index in [1.54, 1.807) is 0 Å². The Labute approximate surface area is 112 Å². The largest absolute Gasteiger partial charge is 0.387 e. The van der Waals surface area contributed by atoms with Gasteiger partial charge in [0.1, 0.15) is 11.6 Å². The first-order valence-corrected chi connectivity index (χ1v) is 6.92. The molecule has 1 aromatic rings. The third-order valence-electron chi connectivity index (χ3n) is 3.94. The average Bonchev–Trinajstić information content (AvgIpc) is 2.37. The summed E-state index contributed by atoms with van der Waals surface area (Å²) in [5.41, 5.74) is 0.151. The van der Waals surface area contributed by atoms with Crippen molar-refractivity contribution >= 4 is 0 Å². The van der Waals surface area contributed by atoms with Crippen LogP contribution in [0.25, 0.3) is 0 Å². The van der Waals surface area contributed by atoms with Crippen molar-refractivity contribution < 1.29 is 13.9 Å². The van der Waals surface area contributed by atoms with E-state index in [9.17, 15) is 13.9 Å². The van der Waals surface area contributed by atoms with Crippen molar-refractivity contribution in [3.63, 3.8) is 0 Å². The van der Waals surface area contributed by atoms with Gasteiger partial charge in [-0.3, -0.25) is 0 Å². The molecule has 1 aliphatic carbocycles. The van der Waals surface area contributed by atoms with Crippen molar-refractivity contribution in [2.45, 2.75) is 44.8 Å². The normalized spacial score (nSPS) is 25.3. The molecule has 2 nitrogen and oxygen atoms in total. The van der Waals surface area contributed by atoms with Crippen LogP contribution in [0.1, 0.15) is 44.3 Å². The van der Waals surface area contributed by atoms with Crippen LogP contribution < -0.4 is 5.32 Å². The molecule has 1 aromatic carbocycles. The van der Waals surface area contributed by atoms with Gasteiger partial charge in [-0.05, 0) is 37.7 Å². The molecule has 2 N–H and O–H groups in total.